The zero-order chi connectivity index (χ0) is 10.8. The SMILES string of the molecule is [CH2]c1c(OC)cc2c(c1OC)OCCO2. The minimum absolute atomic E-state index is 0.523. The maximum absolute atomic E-state index is 5.48. The third-order valence-corrected chi connectivity index (χ3v) is 2.28. The number of methoxy groups -OCH3 is 2. The van der Waals surface area contributed by atoms with E-state index in [1.165, 1.54) is 0 Å². The fourth-order valence-corrected chi connectivity index (χ4v) is 1.57. The van der Waals surface area contributed by atoms with E-state index in [9.17, 15) is 0 Å². The summed E-state index contributed by atoms with van der Waals surface area (Å²) in [6.07, 6.45) is 0. The van der Waals surface area contributed by atoms with Crippen LogP contribution >= 0.6 is 0 Å². The van der Waals surface area contributed by atoms with Gasteiger partial charge in [0.2, 0.25) is 5.75 Å². The summed E-state index contributed by atoms with van der Waals surface area (Å²) in [5.74, 6) is 2.46. The van der Waals surface area contributed by atoms with Gasteiger partial charge in [0, 0.05) is 11.6 Å². The quantitative estimate of drug-likeness (QED) is 0.742. The minimum Gasteiger partial charge on any atom is -0.496 e. The van der Waals surface area contributed by atoms with Crippen molar-refractivity contribution in [1.29, 1.82) is 0 Å². The maximum atomic E-state index is 5.48. The van der Waals surface area contributed by atoms with E-state index in [0.717, 1.165) is 0 Å². The van der Waals surface area contributed by atoms with Crippen molar-refractivity contribution in [1.82, 2.24) is 0 Å². The van der Waals surface area contributed by atoms with E-state index in [1.54, 1.807) is 20.3 Å². The zero-order valence-electron chi connectivity index (χ0n) is 8.83. The fraction of sp³-hybridized carbons (Fsp3) is 0.364. The molecular weight excluding hydrogens is 196 g/mol. The Morgan fingerprint density at radius 2 is 1.93 bits per heavy atom. The molecule has 0 N–H and O–H groups in total. The normalized spacial score (nSPS) is 13.5. The van der Waals surface area contributed by atoms with Crippen LogP contribution in [-0.4, -0.2) is 27.4 Å². The van der Waals surface area contributed by atoms with Gasteiger partial charge in [-0.05, 0) is 6.92 Å². The molecule has 1 radical (unpaired) electrons. The molecular formula is C11H13O4. The van der Waals surface area contributed by atoms with Crippen molar-refractivity contribution in [3.05, 3.63) is 18.6 Å². The monoisotopic (exact) mass is 209 g/mol. The molecule has 0 bridgehead atoms. The minimum atomic E-state index is 0.523. The highest BCUT2D eigenvalue weighted by Gasteiger charge is 2.22. The van der Waals surface area contributed by atoms with Gasteiger partial charge in [0.1, 0.15) is 19.0 Å². The first-order chi connectivity index (χ1) is 7.27. The first-order valence-corrected chi connectivity index (χ1v) is 4.64. The fourth-order valence-electron chi connectivity index (χ4n) is 1.57. The Morgan fingerprint density at radius 3 is 2.60 bits per heavy atom. The molecule has 4 nitrogen and oxygen atoms in total. The molecule has 0 unspecified atom stereocenters. The lowest BCUT2D eigenvalue weighted by atomic mass is 10.1. The van der Waals surface area contributed by atoms with Gasteiger partial charge >= 0.3 is 0 Å². The molecule has 2 rings (SSSR count). The molecule has 1 aromatic rings. The van der Waals surface area contributed by atoms with Crippen LogP contribution < -0.4 is 18.9 Å². The second kappa shape index (κ2) is 3.88. The van der Waals surface area contributed by atoms with Crippen LogP contribution in [0.5, 0.6) is 23.0 Å². The average molecular weight is 209 g/mol. The van der Waals surface area contributed by atoms with Crippen LogP contribution in [0.25, 0.3) is 0 Å². The van der Waals surface area contributed by atoms with E-state index in [4.69, 9.17) is 18.9 Å². The summed E-state index contributed by atoms with van der Waals surface area (Å²) in [5.41, 5.74) is 0.671. The Hall–Kier alpha value is -1.58. The Labute approximate surface area is 88.7 Å². The van der Waals surface area contributed by atoms with Crippen LogP contribution in [0.2, 0.25) is 0 Å². The van der Waals surface area contributed by atoms with E-state index < -0.39 is 0 Å². The van der Waals surface area contributed by atoms with Gasteiger partial charge in [0.25, 0.3) is 0 Å². The maximum Gasteiger partial charge on any atom is 0.204 e. The van der Waals surface area contributed by atoms with E-state index >= 15 is 0 Å². The van der Waals surface area contributed by atoms with Crippen molar-refractivity contribution in [2.24, 2.45) is 0 Å². The number of fused-ring (bicyclic) bond motifs is 1. The highest BCUT2D eigenvalue weighted by atomic mass is 16.6. The standard InChI is InChI=1S/C11H13O4/c1-7-8(12-2)6-9-11(10(7)13-3)15-5-4-14-9/h6H,1,4-5H2,2-3H3. The molecule has 1 heterocycles. The van der Waals surface area contributed by atoms with Gasteiger partial charge in [0.15, 0.2) is 11.5 Å². The number of hydrogen-bond donors (Lipinski definition) is 0. The van der Waals surface area contributed by atoms with Crippen molar-refractivity contribution in [2.75, 3.05) is 27.4 Å². The van der Waals surface area contributed by atoms with Crippen LogP contribution in [0.4, 0.5) is 0 Å². The van der Waals surface area contributed by atoms with Gasteiger partial charge in [-0.25, -0.2) is 0 Å². The largest absolute Gasteiger partial charge is 0.496 e. The second-order valence-corrected chi connectivity index (χ2v) is 3.11. The number of ether oxygens (including phenoxy) is 4. The summed E-state index contributed by atoms with van der Waals surface area (Å²) >= 11 is 0. The van der Waals surface area contributed by atoms with Gasteiger partial charge < -0.3 is 18.9 Å². The summed E-state index contributed by atoms with van der Waals surface area (Å²) < 4.78 is 21.3. The third-order valence-electron chi connectivity index (χ3n) is 2.28. The predicted molar refractivity (Wildman–Crippen MR) is 55.0 cm³/mol. The molecule has 0 fully saturated rings. The summed E-state index contributed by atoms with van der Waals surface area (Å²) in [6.45, 7) is 4.95. The number of rotatable bonds is 2. The summed E-state index contributed by atoms with van der Waals surface area (Å²) in [5, 5.41) is 0. The van der Waals surface area contributed by atoms with Crippen LogP contribution in [0.15, 0.2) is 6.07 Å². The summed E-state index contributed by atoms with van der Waals surface area (Å²) in [6, 6.07) is 1.76. The lowest BCUT2D eigenvalue weighted by Gasteiger charge is -2.22. The smallest absolute Gasteiger partial charge is 0.204 e. The highest BCUT2D eigenvalue weighted by Crippen LogP contribution is 2.45. The van der Waals surface area contributed by atoms with E-state index in [0.29, 0.717) is 41.8 Å². The molecule has 4 heteroatoms. The molecule has 0 aliphatic carbocycles. The number of hydrogen-bond acceptors (Lipinski definition) is 4. The van der Waals surface area contributed by atoms with Gasteiger partial charge in [-0.2, -0.15) is 0 Å². The number of benzene rings is 1. The Morgan fingerprint density at radius 1 is 1.20 bits per heavy atom. The summed E-state index contributed by atoms with van der Waals surface area (Å²) in [4.78, 5) is 0. The molecule has 0 saturated carbocycles. The summed E-state index contributed by atoms with van der Waals surface area (Å²) in [7, 11) is 3.15. The third kappa shape index (κ3) is 1.56. The molecule has 1 aromatic carbocycles. The zero-order valence-corrected chi connectivity index (χ0v) is 8.83. The van der Waals surface area contributed by atoms with Crippen LogP contribution in [-0.2, 0) is 0 Å². The topological polar surface area (TPSA) is 36.9 Å². The van der Waals surface area contributed by atoms with Crippen molar-refractivity contribution in [3.8, 4) is 23.0 Å². The van der Waals surface area contributed by atoms with Crippen molar-refractivity contribution < 1.29 is 18.9 Å². The van der Waals surface area contributed by atoms with Gasteiger partial charge in [0.05, 0.1) is 14.2 Å². The Bertz CT molecular complexity index is 373. The van der Waals surface area contributed by atoms with E-state index in [-0.39, 0.29) is 0 Å². The van der Waals surface area contributed by atoms with Gasteiger partial charge in [-0.3, -0.25) is 0 Å². The van der Waals surface area contributed by atoms with Crippen LogP contribution in [0, 0.1) is 6.92 Å². The lowest BCUT2D eigenvalue weighted by molar-refractivity contribution is 0.164. The molecule has 81 valence electrons. The second-order valence-electron chi connectivity index (χ2n) is 3.11. The van der Waals surface area contributed by atoms with Crippen molar-refractivity contribution >= 4 is 0 Å². The first-order valence-electron chi connectivity index (χ1n) is 4.64. The predicted octanol–water partition coefficient (Wildman–Crippen LogP) is 1.66. The lowest BCUT2D eigenvalue weighted by Crippen LogP contribution is -2.16. The molecule has 1 aliphatic heterocycles. The molecule has 1 aliphatic rings. The average Bonchev–Trinajstić information content (AvgIpc) is 2.28. The Kier molecular flexibility index (Phi) is 2.58. The Balaban J connectivity index is 2.58. The van der Waals surface area contributed by atoms with Gasteiger partial charge in [-0.15, -0.1) is 0 Å². The molecule has 15 heavy (non-hydrogen) atoms. The molecule has 0 saturated heterocycles. The van der Waals surface area contributed by atoms with Crippen molar-refractivity contribution in [3.63, 3.8) is 0 Å². The van der Waals surface area contributed by atoms with Crippen LogP contribution in [0.3, 0.4) is 0 Å². The molecule has 0 aromatic heterocycles. The van der Waals surface area contributed by atoms with Gasteiger partial charge in [-0.1, -0.05) is 0 Å². The molecule has 0 atom stereocenters. The van der Waals surface area contributed by atoms with Crippen molar-refractivity contribution in [2.45, 2.75) is 0 Å². The van der Waals surface area contributed by atoms with Crippen LogP contribution in [0.1, 0.15) is 5.56 Å². The highest BCUT2D eigenvalue weighted by molar-refractivity contribution is 5.63. The molecule has 0 spiro atoms. The van der Waals surface area contributed by atoms with E-state index in [2.05, 4.69) is 6.92 Å². The molecule has 0 amide bonds. The first kappa shape index (κ1) is 9.96. The van der Waals surface area contributed by atoms with E-state index in [1.807, 2.05) is 0 Å².